The van der Waals surface area contributed by atoms with Crippen LogP contribution in [-0.2, 0) is 10.0 Å². The van der Waals surface area contributed by atoms with Crippen molar-refractivity contribution in [3.05, 3.63) is 39.8 Å². The van der Waals surface area contributed by atoms with Gasteiger partial charge in [-0.25, -0.2) is 13.1 Å². The van der Waals surface area contributed by atoms with E-state index in [9.17, 15) is 8.42 Å². The molecule has 0 saturated carbocycles. The monoisotopic (exact) mass is 323 g/mol. The number of rotatable bonds is 4. The van der Waals surface area contributed by atoms with Crippen molar-refractivity contribution in [2.24, 2.45) is 0 Å². The van der Waals surface area contributed by atoms with Crippen molar-refractivity contribution in [2.45, 2.75) is 11.8 Å². The second kappa shape index (κ2) is 5.31. The number of benzene rings is 1. The summed E-state index contributed by atoms with van der Waals surface area (Å²) in [5.74, 6) is 0. The van der Waals surface area contributed by atoms with E-state index >= 15 is 0 Å². The van der Waals surface area contributed by atoms with Gasteiger partial charge in [0.15, 0.2) is 0 Å². The summed E-state index contributed by atoms with van der Waals surface area (Å²) in [6.45, 7) is 5.18. The predicted octanol–water partition coefficient (Wildman–Crippen LogP) is 2.79. The Balaban J connectivity index is 3.07. The van der Waals surface area contributed by atoms with Gasteiger partial charge in [0.05, 0.1) is 4.90 Å². The van der Waals surface area contributed by atoms with Crippen LogP contribution in [0.5, 0.6) is 0 Å². The maximum absolute atomic E-state index is 11.9. The highest BCUT2D eigenvalue weighted by atomic mass is 79.9. The fraction of sp³-hybridized carbons (Fsp3) is 0.200. The number of halogens is 2. The Morgan fingerprint density at radius 1 is 1.56 bits per heavy atom. The van der Waals surface area contributed by atoms with Gasteiger partial charge in [-0.1, -0.05) is 40.2 Å². The fourth-order valence-corrected chi connectivity index (χ4v) is 3.07. The Kier molecular flexibility index (Phi) is 4.55. The molecule has 1 aromatic carbocycles. The molecule has 3 nitrogen and oxygen atoms in total. The van der Waals surface area contributed by atoms with Gasteiger partial charge in [-0.05, 0) is 24.6 Å². The lowest BCUT2D eigenvalue weighted by Crippen LogP contribution is -2.25. The van der Waals surface area contributed by atoms with Crippen molar-refractivity contribution in [2.75, 3.05) is 6.54 Å². The molecule has 0 spiro atoms. The largest absolute Gasteiger partial charge is 0.241 e. The molecule has 1 aromatic rings. The normalized spacial score (nSPS) is 11.4. The second-order valence-electron chi connectivity index (χ2n) is 3.25. The highest BCUT2D eigenvalue weighted by Gasteiger charge is 2.16. The smallest absolute Gasteiger partial charge is 0.207 e. The summed E-state index contributed by atoms with van der Waals surface area (Å²) >= 11 is 8.74. The van der Waals surface area contributed by atoms with E-state index in [2.05, 4.69) is 27.2 Å². The summed E-state index contributed by atoms with van der Waals surface area (Å²) in [5.41, 5.74) is 0.677. The van der Waals surface area contributed by atoms with Gasteiger partial charge in [-0.2, -0.15) is 0 Å². The van der Waals surface area contributed by atoms with Gasteiger partial charge < -0.3 is 0 Å². The first-order valence-electron chi connectivity index (χ1n) is 4.42. The highest BCUT2D eigenvalue weighted by molar-refractivity contribution is 9.10. The van der Waals surface area contributed by atoms with Crippen LogP contribution in [0.2, 0.25) is 0 Å². The van der Waals surface area contributed by atoms with Crippen molar-refractivity contribution in [3.63, 3.8) is 0 Å². The average molecular weight is 325 g/mol. The third kappa shape index (κ3) is 3.59. The van der Waals surface area contributed by atoms with Crippen LogP contribution < -0.4 is 4.72 Å². The summed E-state index contributed by atoms with van der Waals surface area (Å²) in [4.78, 5) is 0.236. The minimum absolute atomic E-state index is 0.0237. The summed E-state index contributed by atoms with van der Waals surface area (Å²) in [7, 11) is -3.53. The van der Waals surface area contributed by atoms with Crippen molar-refractivity contribution in [1.82, 2.24) is 4.72 Å². The maximum atomic E-state index is 11.9. The molecule has 1 rings (SSSR count). The van der Waals surface area contributed by atoms with Crippen molar-refractivity contribution in [1.29, 1.82) is 0 Å². The molecule has 0 aliphatic heterocycles. The number of nitrogens with one attached hydrogen (secondary N) is 1. The number of hydrogen-bond donors (Lipinski definition) is 1. The summed E-state index contributed by atoms with van der Waals surface area (Å²) in [6.07, 6.45) is 0. The Bertz CT molecular complexity index is 514. The molecule has 6 heteroatoms. The minimum Gasteiger partial charge on any atom is -0.207 e. The first-order chi connectivity index (χ1) is 7.33. The topological polar surface area (TPSA) is 46.2 Å². The van der Waals surface area contributed by atoms with E-state index in [0.717, 1.165) is 0 Å². The van der Waals surface area contributed by atoms with E-state index in [1.807, 2.05) is 0 Å². The molecular formula is C10H11BrClNO2S. The van der Waals surface area contributed by atoms with Gasteiger partial charge in [-0.15, -0.1) is 0 Å². The first kappa shape index (κ1) is 13.7. The quantitative estimate of drug-likeness (QED) is 0.925. The van der Waals surface area contributed by atoms with E-state index in [1.165, 1.54) is 0 Å². The molecule has 0 atom stereocenters. The van der Waals surface area contributed by atoms with Gasteiger partial charge >= 0.3 is 0 Å². The molecule has 0 heterocycles. The molecule has 0 unspecified atom stereocenters. The van der Waals surface area contributed by atoms with Gasteiger partial charge in [0.1, 0.15) is 0 Å². The molecule has 0 radical (unpaired) electrons. The Morgan fingerprint density at radius 3 is 2.75 bits per heavy atom. The Morgan fingerprint density at radius 2 is 2.19 bits per heavy atom. The van der Waals surface area contributed by atoms with Gasteiger partial charge in [0.2, 0.25) is 10.0 Å². The zero-order valence-corrected chi connectivity index (χ0v) is 11.8. The van der Waals surface area contributed by atoms with Crippen LogP contribution in [-0.4, -0.2) is 15.0 Å². The lowest BCUT2D eigenvalue weighted by atomic mass is 10.2. The van der Waals surface area contributed by atoms with E-state index < -0.39 is 10.0 Å². The van der Waals surface area contributed by atoms with E-state index in [1.54, 1.807) is 25.1 Å². The van der Waals surface area contributed by atoms with E-state index in [0.29, 0.717) is 10.0 Å². The number of aryl methyl sites for hydroxylation is 1. The van der Waals surface area contributed by atoms with Crippen LogP contribution in [0.4, 0.5) is 0 Å². The number of sulfonamides is 1. The van der Waals surface area contributed by atoms with Crippen molar-refractivity contribution >= 4 is 37.6 Å². The first-order valence-corrected chi connectivity index (χ1v) is 7.07. The Labute approximate surface area is 109 Å². The molecule has 0 aliphatic rings. The minimum atomic E-state index is -3.53. The molecule has 0 fully saturated rings. The van der Waals surface area contributed by atoms with Crippen LogP contribution in [0.15, 0.2) is 39.2 Å². The third-order valence-electron chi connectivity index (χ3n) is 1.89. The third-order valence-corrected chi connectivity index (χ3v) is 4.06. The fourth-order valence-electron chi connectivity index (χ4n) is 1.11. The molecule has 16 heavy (non-hydrogen) atoms. The lowest BCUT2D eigenvalue weighted by molar-refractivity contribution is 0.584. The van der Waals surface area contributed by atoms with E-state index in [4.69, 9.17) is 11.6 Å². The summed E-state index contributed by atoms with van der Waals surface area (Å²) < 4.78 is 26.8. The highest BCUT2D eigenvalue weighted by Crippen LogP contribution is 2.20. The van der Waals surface area contributed by atoms with Gasteiger partial charge in [0.25, 0.3) is 0 Å². The average Bonchev–Trinajstić information content (AvgIpc) is 2.19. The zero-order chi connectivity index (χ0) is 12.3. The molecule has 0 aliphatic carbocycles. The number of hydrogen-bond acceptors (Lipinski definition) is 2. The van der Waals surface area contributed by atoms with Crippen molar-refractivity contribution in [3.8, 4) is 0 Å². The summed E-state index contributed by atoms with van der Waals surface area (Å²) in [6, 6.07) is 5.07. The maximum Gasteiger partial charge on any atom is 0.241 e. The second-order valence-corrected chi connectivity index (χ2v) is 6.44. The predicted molar refractivity (Wildman–Crippen MR) is 69.1 cm³/mol. The Hall–Kier alpha value is -0.360. The van der Waals surface area contributed by atoms with Crippen LogP contribution in [0.3, 0.4) is 0 Å². The van der Waals surface area contributed by atoms with Crippen LogP contribution in [0, 0.1) is 6.92 Å². The van der Waals surface area contributed by atoms with Gasteiger partial charge in [-0.3, -0.25) is 0 Å². The van der Waals surface area contributed by atoms with Crippen LogP contribution in [0.25, 0.3) is 0 Å². The standard InChI is InChI=1S/C10H11BrClNO2S/c1-7-3-4-9(11)5-10(7)16(14,15)13-6-8(2)12/h3-5,13H,2,6H2,1H3. The van der Waals surface area contributed by atoms with E-state index in [-0.39, 0.29) is 16.5 Å². The zero-order valence-electron chi connectivity index (χ0n) is 8.63. The molecule has 0 bridgehead atoms. The SMILES string of the molecule is C=C(Cl)CNS(=O)(=O)c1cc(Br)ccc1C. The van der Waals surface area contributed by atoms with Crippen LogP contribution >= 0.6 is 27.5 Å². The van der Waals surface area contributed by atoms with Gasteiger partial charge in [0, 0.05) is 16.0 Å². The summed E-state index contributed by atoms with van der Waals surface area (Å²) in [5, 5.41) is 0.247. The molecule has 0 saturated heterocycles. The molecule has 1 N–H and O–H groups in total. The lowest BCUT2D eigenvalue weighted by Gasteiger charge is -2.08. The van der Waals surface area contributed by atoms with Crippen molar-refractivity contribution < 1.29 is 8.42 Å². The van der Waals surface area contributed by atoms with Crippen LogP contribution in [0.1, 0.15) is 5.56 Å². The molecule has 0 amide bonds. The molecule has 88 valence electrons. The molecule has 0 aromatic heterocycles. The molecular weight excluding hydrogens is 314 g/mol.